The van der Waals surface area contributed by atoms with Crippen molar-refractivity contribution in [1.29, 1.82) is 0 Å². The molecule has 11 heteroatoms. The van der Waals surface area contributed by atoms with Crippen LogP contribution in [0.2, 0.25) is 5.02 Å². The van der Waals surface area contributed by atoms with Crippen LogP contribution in [0.5, 0.6) is 11.5 Å². The summed E-state index contributed by atoms with van der Waals surface area (Å²) in [6, 6.07) is 28.3. The molecule has 0 aliphatic carbocycles. The maximum atomic E-state index is 13.6. The van der Waals surface area contributed by atoms with Gasteiger partial charge in [0.1, 0.15) is 23.9 Å². The number of aryl methyl sites for hydroxylation is 1. The molecule has 5 aromatic rings. The summed E-state index contributed by atoms with van der Waals surface area (Å²) in [6.07, 6.45) is 0. The first-order valence-electron chi connectivity index (χ1n) is 14.3. The van der Waals surface area contributed by atoms with Gasteiger partial charge in [0.05, 0.1) is 18.7 Å². The molecule has 1 unspecified atom stereocenters. The third-order valence-corrected chi connectivity index (χ3v) is 9.89. The number of nitrogens with zero attached hydrogens (tertiary/aromatic N) is 3. The Hall–Kier alpha value is -4.64. The molecule has 0 saturated carbocycles. The van der Waals surface area contributed by atoms with Crippen molar-refractivity contribution in [1.82, 2.24) is 10.2 Å². The highest BCUT2D eigenvalue weighted by molar-refractivity contribution is 8.00. The second kappa shape index (κ2) is 13.8. The Kier molecular flexibility index (Phi) is 9.39. The number of rotatable bonds is 10. The molecule has 6 rings (SSSR count). The van der Waals surface area contributed by atoms with Gasteiger partial charge in [0, 0.05) is 16.3 Å². The van der Waals surface area contributed by atoms with E-state index < -0.39 is 17.7 Å². The zero-order chi connectivity index (χ0) is 32.2. The molecule has 46 heavy (non-hydrogen) atoms. The number of carbonyl (C=O) groups excluding carboxylic acids is 2. The summed E-state index contributed by atoms with van der Waals surface area (Å²) < 4.78 is 12.0. The highest BCUT2D eigenvalue weighted by Crippen LogP contribution is 2.44. The van der Waals surface area contributed by atoms with Crippen LogP contribution in [0.15, 0.2) is 107 Å². The summed E-state index contributed by atoms with van der Waals surface area (Å²) >= 11 is 8.66. The van der Waals surface area contributed by atoms with Crippen LogP contribution < -0.4 is 14.4 Å². The molecule has 0 radical (unpaired) electrons. The maximum Gasteiger partial charge on any atom is 0.301 e. The summed E-state index contributed by atoms with van der Waals surface area (Å²) in [7, 11) is 1.54. The second-order valence-electron chi connectivity index (χ2n) is 10.5. The third kappa shape index (κ3) is 6.64. The van der Waals surface area contributed by atoms with Gasteiger partial charge in [0.15, 0.2) is 4.34 Å². The first kappa shape index (κ1) is 31.3. The van der Waals surface area contributed by atoms with Crippen molar-refractivity contribution in [2.75, 3.05) is 12.0 Å². The lowest BCUT2D eigenvalue weighted by Crippen LogP contribution is -2.29. The lowest BCUT2D eigenvalue weighted by Gasteiger charge is -2.23. The molecular weight excluding hydrogens is 642 g/mol. The second-order valence-corrected chi connectivity index (χ2v) is 13.1. The number of ether oxygens (including phenoxy) is 2. The van der Waals surface area contributed by atoms with E-state index in [1.54, 1.807) is 48.5 Å². The fourth-order valence-corrected chi connectivity index (χ4v) is 6.99. The van der Waals surface area contributed by atoms with Gasteiger partial charge in [-0.1, -0.05) is 83.2 Å². The Bertz CT molecular complexity index is 1930. The van der Waals surface area contributed by atoms with E-state index in [-0.39, 0.29) is 16.5 Å². The molecule has 1 amide bonds. The average Bonchev–Trinajstić information content (AvgIpc) is 3.65. The number of ketones is 1. The molecule has 1 fully saturated rings. The number of hydrogen-bond donors (Lipinski definition) is 1. The van der Waals surface area contributed by atoms with Crippen LogP contribution in [0.4, 0.5) is 5.13 Å². The number of anilines is 1. The van der Waals surface area contributed by atoms with Gasteiger partial charge in [-0.2, -0.15) is 0 Å². The number of aromatic nitrogens is 2. The largest absolute Gasteiger partial charge is 0.507 e. The number of aliphatic hydroxyl groups excluding tert-OH is 1. The Morgan fingerprint density at radius 3 is 2.46 bits per heavy atom. The van der Waals surface area contributed by atoms with Gasteiger partial charge in [-0.3, -0.25) is 14.5 Å². The molecule has 4 aromatic carbocycles. The fraction of sp³-hybridized carbons (Fsp3) is 0.143. The predicted molar refractivity (Wildman–Crippen MR) is 181 cm³/mol. The number of hydrogen-bond acceptors (Lipinski definition) is 9. The lowest BCUT2D eigenvalue weighted by atomic mass is 9.95. The number of aliphatic hydroxyl groups is 1. The van der Waals surface area contributed by atoms with Crippen LogP contribution in [0.1, 0.15) is 33.9 Å². The normalized spacial score (nSPS) is 15.7. The molecule has 1 aromatic heterocycles. The fourth-order valence-electron chi connectivity index (χ4n) is 5.04. The van der Waals surface area contributed by atoms with E-state index in [0.29, 0.717) is 44.3 Å². The van der Waals surface area contributed by atoms with Crippen LogP contribution >= 0.6 is 34.7 Å². The van der Waals surface area contributed by atoms with Crippen molar-refractivity contribution >= 4 is 57.3 Å². The standard InChI is InChI=1S/C35H28ClN3O5S2/c1-21-6-3-4-7-25(21)19-44-27-16-12-23(13-17-27)31(40)29-30(24-8-5-9-28(18-24)43-2)39(33(42)32(29)41)34-37-38-35(46-34)45-20-22-10-14-26(36)15-11-22/h3-18,30,40H,19-20H2,1-2H3. The number of thioether (sulfide) groups is 1. The van der Waals surface area contributed by atoms with Gasteiger partial charge in [-0.05, 0) is 77.7 Å². The summed E-state index contributed by atoms with van der Waals surface area (Å²) in [5.74, 6) is -0.180. The van der Waals surface area contributed by atoms with Gasteiger partial charge < -0.3 is 14.6 Å². The number of benzene rings is 4. The monoisotopic (exact) mass is 669 g/mol. The minimum Gasteiger partial charge on any atom is -0.507 e. The van der Waals surface area contributed by atoms with E-state index in [4.69, 9.17) is 21.1 Å². The zero-order valence-corrected chi connectivity index (χ0v) is 27.2. The maximum absolute atomic E-state index is 13.6. The zero-order valence-electron chi connectivity index (χ0n) is 24.8. The molecule has 232 valence electrons. The van der Waals surface area contributed by atoms with Gasteiger partial charge >= 0.3 is 5.91 Å². The highest BCUT2D eigenvalue weighted by Gasteiger charge is 2.48. The Morgan fingerprint density at radius 2 is 1.72 bits per heavy atom. The minimum atomic E-state index is -0.964. The summed E-state index contributed by atoms with van der Waals surface area (Å²) in [6.45, 7) is 2.41. The van der Waals surface area contributed by atoms with Crippen molar-refractivity contribution in [2.24, 2.45) is 0 Å². The quantitative estimate of drug-likeness (QED) is 0.0525. The molecule has 1 N–H and O–H groups in total. The van der Waals surface area contributed by atoms with E-state index in [1.807, 2.05) is 55.5 Å². The average molecular weight is 670 g/mol. The van der Waals surface area contributed by atoms with Crippen LogP contribution in [-0.4, -0.2) is 34.1 Å². The summed E-state index contributed by atoms with van der Waals surface area (Å²) in [4.78, 5) is 28.5. The Labute approximate surface area is 279 Å². The van der Waals surface area contributed by atoms with Gasteiger partial charge in [0.2, 0.25) is 5.13 Å². The van der Waals surface area contributed by atoms with Crippen LogP contribution in [0.3, 0.4) is 0 Å². The number of amides is 1. The van der Waals surface area contributed by atoms with Gasteiger partial charge in [0.25, 0.3) is 5.78 Å². The van der Waals surface area contributed by atoms with E-state index in [2.05, 4.69) is 10.2 Å². The molecule has 0 bridgehead atoms. The molecule has 1 aliphatic heterocycles. The number of carbonyl (C=O) groups is 2. The molecule has 0 spiro atoms. The molecule has 1 atom stereocenters. The highest BCUT2D eigenvalue weighted by atomic mass is 35.5. The molecular formula is C35H28ClN3O5S2. The predicted octanol–water partition coefficient (Wildman–Crippen LogP) is 8.01. The van der Waals surface area contributed by atoms with Crippen molar-refractivity contribution in [3.63, 3.8) is 0 Å². The smallest absolute Gasteiger partial charge is 0.301 e. The topological polar surface area (TPSA) is 102 Å². The van der Waals surface area contributed by atoms with E-state index in [0.717, 1.165) is 16.7 Å². The first-order chi connectivity index (χ1) is 22.3. The Morgan fingerprint density at radius 1 is 0.957 bits per heavy atom. The van der Waals surface area contributed by atoms with Crippen LogP contribution in [-0.2, 0) is 21.9 Å². The van der Waals surface area contributed by atoms with Crippen molar-refractivity contribution in [2.45, 2.75) is 29.7 Å². The number of methoxy groups -OCH3 is 1. The van der Waals surface area contributed by atoms with Gasteiger partial charge in [-0.15, -0.1) is 10.2 Å². The molecule has 8 nitrogen and oxygen atoms in total. The molecule has 2 heterocycles. The van der Waals surface area contributed by atoms with Crippen molar-refractivity contribution in [3.05, 3.63) is 135 Å². The molecule has 1 aliphatic rings. The SMILES string of the molecule is COc1cccc(C2C(=C(O)c3ccc(OCc4ccccc4C)cc3)C(=O)C(=O)N2c2nnc(SCc3ccc(Cl)cc3)s2)c1. The van der Waals surface area contributed by atoms with E-state index >= 15 is 0 Å². The third-order valence-electron chi connectivity index (χ3n) is 7.51. The van der Waals surface area contributed by atoms with Crippen LogP contribution in [0.25, 0.3) is 5.76 Å². The lowest BCUT2D eigenvalue weighted by molar-refractivity contribution is -0.132. The van der Waals surface area contributed by atoms with Crippen LogP contribution in [0, 0.1) is 6.92 Å². The summed E-state index contributed by atoms with van der Waals surface area (Å²) in [5.41, 5.74) is 4.12. The molecule has 1 saturated heterocycles. The minimum absolute atomic E-state index is 0.0580. The number of Topliss-reactive ketones (excluding diaryl/α,β-unsaturated/α-hetero) is 1. The Balaban J connectivity index is 1.31. The van der Waals surface area contributed by atoms with Crippen molar-refractivity contribution < 1.29 is 24.2 Å². The number of halogens is 1. The first-order valence-corrected chi connectivity index (χ1v) is 16.4. The summed E-state index contributed by atoms with van der Waals surface area (Å²) in [5, 5.41) is 21.0. The van der Waals surface area contributed by atoms with E-state index in [9.17, 15) is 14.7 Å². The van der Waals surface area contributed by atoms with Gasteiger partial charge in [-0.25, -0.2) is 0 Å². The van der Waals surface area contributed by atoms with Crippen molar-refractivity contribution in [3.8, 4) is 11.5 Å². The van der Waals surface area contributed by atoms with E-state index in [1.165, 1.54) is 35.1 Å².